The summed E-state index contributed by atoms with van der Waals surface area (Å²) in [5.41, 5.74) is 9.79. The highest BCUT2D eigenvalue weighted by atomic mass is 16.5. The Kier molecular flexibility index (Phi) is 4.11. The molecule has 3 rings (SSSR count). The Bertz CT molecular complexity index is 624. The number of para-hydroxylation sites is 1. The van der Waals surface area contributed by atoms with Crippen LogP contribution in [0.15, 0.2) is 42.5 Å². The molecule has 1 aliphatic carbocycles. The van der Waals surface area contributed by atoms with Crippen molar-refractivity contribution in [2.75, 3.05) is 7.11 Å². The Morgan fingerprint density at radius 2 is 2.05 bits per heavy atom. The highest BCUT2D eigenvalue weighted by Gasteiger charge is 2.17. The van der Waals surface area contributed by atoms with Crippen LogP contribution in [0.3, 0.4) is 0 Å². The van der Waals surface area contributed by atoms with E-state index in [-0.39, 0.29) is 6.04 Å². The minimum atomic E-state index is 0.178. The van der Waals surface area contributed by atoms with Crippen molar-refractivity contribution in [3.63, 3.8) is 0 Å². The highest BCUT2D eigenvalue weighted by molar-refractivity contribution is 5.39. The monoisotopic (exact) mass is 283 g/mol. The zero-order chi connectivity index (χ0) is 14.7. The van der Waals surface area contributed by atoms with Crippen molar-refractivity contribution in [1.29, 1.82) is 0 Å². The van der Waals surface area contributed by atoms with Crippen LogP contribution in [0.2, 0.25) is 0 Å². The minimum absolute atomic E-state index is 0.178. The summed E-state index contributed by atoms with van der Waals surface area (Å²) in [5.74, 6) is 1.76. The predicted molar refractivity (Wildman–Crippen MR) is 83.6 cm³/mol. The van der Waals surface area contributed by atoms with Gasteiger partial charge in [0.1, 0.15) is 18.1 Å². The normalized spacial score (nSPS) is 17.1. The Labute approximate surface area is 125 Å². The van der Waals surface area contributed by atoms with Crippen LogP contribution in [0.4, 0.5) is 0 Å². The van der Waals surface area contributed by atoms with Crippen LogP contribution in [-0.2, 0) is 13.0 Å². The van der Waals surface area contributed by atoms with E-state index >= 15 is 0 Å². The molecule has 0 heterocycles. The molecule has 0 radical (unpaired) electrons. The zero-order valence-electron chi connectivity index (χ0n) is 12.3. The van der Waals surface area contributed by atoms with E-state index in [4.69, 9.17) is 15.2 Å². The molecular weight excluding hydrogens is 262 g/mol. The molecule has 0 aromatic heterocycles. The van der Waals surface area contributed by atoms with Crippen molar-refractivity contribution in [3.05, 3.63) is 59.2 Å². The van der Waals surface area contributed by atoms with E-state index in [1.54, 1.807) is 7.11 Å². The summed E-state index contributed by atoms with van der Waals surface area (Å²) in [6.45, 7) is 0.509. The molecule has 2 aromatic rings. The van der Waals surface area contributed by atoms with Gasteiger partial charge < -0.3 is 15.2 Å². The molecule has 2 aromatic carbocycles. The number of methoxy groups -OCH3 is 1. The van der Waals surface area contributed by atoms with Gasteiger partial charge in [-0.05, 0) is 48.6 Å². The van der Waals surface area contributed by atoms with Crippen molar-refractivity contribution in [2.24, 2.45) is 5.73 Å². The lowest BCUT2D eigenvalue weighted by Gasteiger charge is -2.22. The first-order valence-electron chi connectivity index (χ1n) is 7.41. The number of ether oxygens (including phenoxy) is 2. The molecule has 1 unspecified atom stereocenters. The number of benzene rings is 2. The molecule has 110 valence electrons. The third-order valence-electron chi connectivity index (χ3n) is 4.06. The first-order chi connectivity index (χ1) is 10.3. The first kappa shape index (κ1) is 14.0. The lowest BCUT2D eigenvalue weighted by atomic mass is 9.88. The average molecular weight is 283 g/mol. The van der Waals surface area contributed by atoms with E-state index in [1.807, 2.05) is 30.3 Å². The predicted octanol–water partition coefficient (Wildman–Crippen LogP) is 3.61. The summed E-state index contributed by atoms with van der Waals surface area (Å²) in [5, 5.41) is 0. The van der Waals surface area contributed by atoms with Crippen molar-refractivity contribution >= 4 is 0 Å². The molecule has 0 spiro atoms. The third-order valence-corrected chi connectivity index (χ3v) is 4.06. The molecule has 1 aliphatic rings. The van der Waals surface area contributed by atoms with Crippen molar-refractivity contribution in [2.45, 2.75) is 31.9 Å². The Morgan fingerprint density at radius 1 is 1.19 bits per heavy atom. The van der Waals surface area contributed by atoms with Gasteiger partial charge >= 0.3 is 0 Å². The number of nitrogens with two attached hydrogens (primary N) is 1. The quantitative estimate of drug-likeness (QED) is 0.932. The summed E-state index contributed by atoms with van der Waals surface area (Å²) >= 11 is 0. The Morgan fingerprint density at radius 3 is 2.90 bits per heavy atom. The number of aryl methyl sites for hydroxylation is 1. The average Bonchev–Trinajstić information content (AvgIpc) is 2.53. The van der Waals surface area contributed by atoms with Crippen LogP contribution < -0.4 is 15.2 Å². The van der Waals surface area contributed by atoms with Crippen LogP contribution in [-0.4, -0.2) is 7.11 Å². The van der Waals surface area contributed by atoms with Crippen LogP contribution in [0.25, 0.3) is 0 Å². The molecule has 0 bridgehead atoms. The fourth-order valence-electron chi connectivity index (χ4n) is 2.90. The van der Waals surface area contributed by atoms with E-state index in [9.17, 15) is 0 Å². The molecule has 0 saturated heterocycles. The second kappa shape index (κ2) is 6.19. The Balaban J connectivity index is 1.74. The lowest BCUT2D eigenvalue weighted by Crippen LogP contribution is -2.17. The van der Waals surface area contributed by atoms with Gasteiger partial charge in [-0.3, -0.25) is 0 Å². The molecule has 0 fully saturated rings. The SMILES string of the molecule is COc1ccccc1COc1ccc2c(c1)CCCC2N. The number of hydrogen-bond donors (Lipinski definition) is 1. The fourth-order valence-corrected chi connectivity index (χ4v) is 2.90. The molecule has 3 heteroatoms. The molecule has 0 aliphatic heterocycles. The van der Waals surface area contributed by atoms with Gasteiger partial charge in [0.05, 0.1) is 7.11 Å². The maximum Gasteiger partial charge on any atom is 0.125 e. The van der Waals surface area contributed by atoms with Gasteiger partial charge in [0.15, 0.2) is 0 Å². The van der Waals surface area contributed by atoms with E-state index < -0.39 is 0 Å². The number of hydrogen-bond acceptors (Lipinski definition) is 3. The van der Waals surface area contributed by atoms with Crippen LogP contribution in [0, 0.1) is 0 Å². The summed E-state index contributed by atoms with van der Waals surface area (Å²) in [6, 6.07) is 14.4. The topological polar surface area (TPSA) is 44.5 Å². The van der Waals surface area contributed by atoms with E-state index in [1.165, 1.54) is 11.1 Å². The summed E-state index contributed by atoms with van der Waals surface area (Å²) < 4.78 is 11.3. The second-order valence-electron chi connectivity index (χ2n) is 5.46. The maximum atomic E-state index is 6.14. The van der Waals surface area contributed by atoms with Gasteiger partial charge in [-0.1, -0.05) is 24.3 Å². The number of rotatable bonds is 4. The molecule has 0 saturated carbocycles. The van der Waals surface area contributed by atoms with E-state index in [0.717, 1.165) is 36.3 Å². The highest BCUT2D eigenvalue weighted by Crippen LogP contribution is 2.31. The van der Waals surface area contributed by atoms with Gasteiger partial charge in [0.25, 0.3) is 0 Å². The third kappa shape index (κ3) is 3.03. The minimum Gasteiger partial charge on any atom is -0.496 e. The van der Waals surface area contributed by atoms with Crippen molar-refractivity contribution in [1.82, 2.24) is 0 Å². The van der Waals surface area contributed by atoms with E-state index in [0.29, 0.717) is 6.61 Å². The Hall–Kier alpha value is -2.00. The lowest BCUT2D eigenvalue weighted by molar-refractivity contribution is 0.296. The van der Waals surface area contributed by atoms with Gasteiger partial charge in [-0.15, -0.1) is 0 Å². The molecular formula is C18H21NO2. The molecule has 0 amide bonds. The van der Waals surface area contributed by atoms with Gasteiger partial charge in [-0.25, -0.2) is 0 Å². The van der Waals surface area contributed by atoms with Gasteiger partial charge in [0, 0.05) is 11.6 Å². The summed E-state index contributed by atoms with van der Waals surface area (Å²) in [4.78, 5) is 0. The van der Waals surface area contributed by atoms with Crippen LogP contribution >= 0.6 is 0 Å². The fraction of sp³-hybridized carbons (Fsp3) is 0.333. The van der Waals surface area contributed by atoms with Gasteiger partial charge in [0.2, 0.25) is 0 Å². The molecule has 2 N–H and O–H groups in total. The van der Waals surface area contributed by atoms with Crippen LogP contribution in [0.5, 0.6) is 11.5 Å². The standard InChI is InChI=1S/C18H21NO2/c1-20-18-8-3-2-5-14(18)12-21-15-9-10-16-13(11-15)6-4-7-17(16)19/h2-3,5,8-11,17H,4,6-7,12,19H2,1H3. The molecule has 21 heavy (non-hydrogen) atoms. The summed E-state index contributed by atoms with van der Waals surface area (Å²) in [6.07, 6.45) is 3.33. The summed E-state index contributed by atoms with van der Waals surface area (Å²) in [7, 11) is 1.68. The second-order valence-corrected chi connectivity index (χ2v) is 5.46. The zero-order valence-corrected chi connectivity index (χ0v) is 12.3. The van der Waals surface area contributed by atoms with Crippen molar-refractivity contribution < 1.29 is 9.47 Å². The van der Waals surface area contributed by atoms with Crippen molar-refractivity contribution in [3.8, 4) is 11.5 Å². The van der Waals surface area contributed by atoms with E-state index in [2.05, 4.69) is 12.1 Å². The largest absolute Gasteiger partial charge is 0.496 e. The maximum absolute atomic E-state index is 6.14. The first-order valence-corrected chi connectivity index (χ1v) is 7.41. The van der Waals surface area contributed by atoms with Gasteiger partial charge in [-0.2, -0.15) is 0 Å². The number of fused-ring (bicyclic) bond motifs is 1. The smallest absolute Gasteiger partial charge is 0.125 e. The molecule has 3 nitrogen and oxygen atoms in total. The molecule has 1 atom stereocenters. The van der Waals surface area contributed by atoms with Crippen LogP contribution in [0.1, 0.15) is 35.6 Å².